The quantitative estimate of drug-likeness (QED) is 0.362. The lowest BCUT2D eigenvalue weighted by Gasteiger charge is -2.31. The summed E-state index contributed by atoms with van der Waals surface area (Å²) in [6.45, 7) is 2.15. The summed E-state index contributed by atoms with van der Waals surface area (Å²) in [4.78, 5) is 23.0. The van der Waals surface area contributed by atoms with E-state index in [2.05, 4.69) is 5.32 Å². The summed E-state index contributed by atoms with van der Waals surface area (Å²) in [5.41, 5.74) is 4.75. The van der Waals surface area contributed by atoms with Gasteiger partial charge in [0.05, 0.1) is 0 Å². The number of amides is 1. The van der Waals surface area contributed by atoms with E-state index in [-0.39, 0.29) is 0 Å². The lowest BCUT2D eigenvalue weighted by molar-refractivity contribution is -0.165. The fourth-order valence-corrected chi connectivity index (χ4v) is 1.09. The van der Waals surface area contributed by atoms with Crippen molar-refractivity contribution < 1.29 is 14.3 Å². The standard InChI is InChI=1S/C7H13N3O3/c1-10-3-2-9-4-5(10)13-7(12)6(8)11/h5,9H,2-4H2,1H3,(H2,8,11). The average molecular weight is 187 g/mol. The summed E-state index contributed by atoms with van der Waals surface area (Å²) in [5.74, 6) is -2.04. The third-order valence-electron chi connectivity index (χ3n) is 1.90. The Hall–Kier alpha value is -1.14. The van der Waals surface area contributed by atoms with Gasteiger partial charge >= 0.3 is 11.9 Å². The van der Waals surface area contributed by atoms with Crippen molar-refractivity contribution in [2.24, 2.45) is 5.73 Å². The molecule has 0 saturated carbocycles. The molecule has 1 atom stereocenters. The number of hydrogen-bond acceptors (Lipinski definition) is 5. The molecule has 74 valence electrons. The maximum Gasteiger partial charge on any atom is 0.398 e. The largest absolute Gasteiger partial charge is 0.438 e. The first-order chi connectivity index (χ1) is 6.11. The van der Waals surface area contributed by atoms with Gasteiger partial charge in [-0.25, -0.2) is 4.79 Å². The van der Waals surface area contributed by atoms with Gasteiger partial charge in [0, 0.05) is 19.6 Å². The number of esters is 1. The summed E-state index contributed by atoms with van der Waals surface area (Å²) in [7, 11) is 1.82. The SMILES string of the molecule is CN1CCNCC1OC(=O)C(N)=O. The van der Waals surface area contributed by atoms with Crippen LogP contribution in [0.4, 0.5) is 0 Å². The number of nitrogens with two attached hydrogens (primary N) is 1. The van der Waals surface area contributed by atoms with Crippen LogP contribution in [0.15, 0.2) is 0 Å². The second-order valence-electron chi connectivity index (χ2n) is 2.91. The van der Waals surface area contributed by atoms with E-state index in [1.165, 1.54) is 0 Å². The van der Waals surface area contributed by atoms with Gasteiger partial charge in [0.15, 0.2) is 6.23 Å². The van der Waals surface area contributed by atoms with E-state index in [0.717, 1.165) is 13.1 Å². The third kappa shape index (κ3) is 2.67. The van der Waals surface area contributed by atoms with Gasteiger partial charge in [-0.1, -0.05) is 0 Å². The molecule has 1 heterocycles. The van der Waals surface area contributed by atoms with Crippen LogP contribution in [0, 0.1) is 0 Å². The van der Waals surface area contributed by atoms with Crippen LogP contribution in [0.25, 0.3) is 0 Å². The molecule has 1 amide bonds. The monoisotopic (exact) mass is 187 g/mol. The Morgan fingerprint density at radius 2 is 2.31 bits per heavy atom. The van der Waals surface area contributed by atoms with Gasteiger partial charge < -0.3 is 15.8 Å². The highest BCUT2D eigenvalue weighted by molar-refractivity contribution is 6.31. The molecule has 0 aromatic carbocycles. The normalized spacial score (nSPS) is 23.9. The lowest BCUT2D eigenvalue weighted by atomic mass is 10.3. The van der Waals surface area contributed by atoms with E-state index < -0.39 is 18.1 Å². The topological polar surface area (TPSA) is 84.7 Å². The second-order valence-corrected chi connectivity index (χ2v) is 2.91. The van der Waals surface area contributed by atoms with Gasteiger partial charge in [-0.3, -0.25) is 9.69 Å². The Morgan fingerprint density at radius 1 is 1.62 bits per heavy atom. The molecule has 1 rings (SSSR count). The van der Waals surface area contributed by atoms with Crippen molar-refractivity contribution in [3.05, 3.63) is 0 Å². The summed E-state index contributed by atoms with van der Waals surface area (Å²) in [5, 5.41) is 3.04. The molecule has 0 radical (unpaired) electrons. The highest BCUT2D eigenvalue weighted by atomic mass is 16.6. The predicted molar refractivity (Wildman–Crippen MR) is 44.6 cm³/mol. The van der Waals surface area contributed by atoms with Gasteiger partial charge in [0.1, 0.15) is 0 Å². The van der Waals surface area contributed by atoms with E-state index in [1.807, 2.05) is 11.9 Å². The van der Waals surface area contributed by atoms with Crippen molar-refractivity contribution >= 4 is 11.9 Å². The number of likely N-dealkylation sites (N-methyl/N-ethyl adjacent to an activating group) is 1. The molecule has 1 aliphatic heterocycles. The van der Waals surface area contributed by atoms with Crippen LogP contribution in [0.3, 0.4) is 0 Å². The number of nitrogens with zero attached hydrogens (tertiary/aromatic N) is 1. The van der Waals surface area contributed by atoms with E-state index in [4.69, 9.17) is 10.5 Å². The van der Waals surface area contributed by atoms with Crippen LogP contribution < -0.4 is 11.1 Å². The molecule has 0 spiro atoms. The summed E-state index contributed by atoms with van der Waals surface area (Å²) in [6, 6.07) is 0. The van der Waals surface area contributed by atoms with Crippen molar-refractivity contribution in [2.45, 2.75) is 6.23 Å². The molecular formula is C7H13N3O3. The molecule has 0 aromatic heterocycles. The van der Waals surface area contributed by atoms with Gasteiger partial charge in [-0.05, 0) is 7.05 Å². The predicted octanol–water partition coefficient (Wildman–Crippen LogP) is -2.12. The van der Waals surface area contributed by atoms with Gasteiger partial charge in [0.2, 0.25) is 0 Å². The molecular weight excluding hydrogens is 174 g/mol. The average Bonchev–Trinajstić information content (AvgIpc) is 2.08. The number of primary amides is 1. The number of ether oxygens (including phenoxy) is 1. The van der Waals surface area contributed by atoms with E-state index in [9.17, 15) is 9.59 Å². The van der Waals surface area contributed by atoms with E-state index >= 15 is 0 Å². The zero-order chi connectivity index (χ0) is 9.84. The molecule has 0 aromatic rings. The van der Waals surface area contributed by atoms with Crippen molar-refractivity contribution in [3.63, 3.8) is 0 Å². The molecule has 0 aliphatic carbocycles. The number of piperazine rings is 1. The maximum absolute atomic E-state index is 10.8. The number of rotatable bonds is 1. The van der Waals surface area contributed by atoms with Crippen molar-refractivity contribution in [2.75, 3.05) is 26.7 Å². The van der Waals surface area contributed by atoms with E-state index in [1.54, 1.807) is 0 Å². The lowest BCUT2D eigenvalue weighted by Crippen LogP contribution is -2.52. The summed E-state index contributed by atoms with van der Waals surface area (Å²) >= 11 is 0. The molecule has 1 aliphatic rings. The highest BCUT2D eigenvalue weighted by Crippen LogP contribution is 2.01. The third-order valence-corrected chi connectivity index (χ3v) is 1.90. The molecule has 3 N–H and O–H groups in total. The molecule has 6 heteroatoms. The van der Waals surface area contributed by atoms with Crippen molar-refractivity contribution in [3.8, 4) is 0 Å². The van der Waals surface area contributed by atoms with Gasteiger partial charge in [-0.2, -0.15) is 0 Å². The second kappa shape index (κ2) is 4.20. The minimum Gasteiger partial charge on any atom is -0.438 e. The minimum atomic E-state index is -1.06. The first kappa shape index (κ1) is 9.94. The fraction of sp³-hybridized carbons (Fsp3) is 0.714. The zero-order valence-corrected chi connectivity index (χ0v) is 7.45. The molecule has 1 saturated heterocycles. The van der Waals surface area contributed by atoms with Gasteiger partial charge in [0.25, 0.3) is 0 Å². The van der Waals surface area contributed by atoms with Gasteiger partial charge in [-0.15, -0.1) is 0 Å². The molecule has 1 unspecified atom stereocenters. The highest BCUT2D eigenvalue weighted by Gasteiger charge is 2.24. The van der Waals surface area contributed by atoms with Crippen LogP contribution in [0.5, 0.6) is 0 Å². The Balaban J connectivity index is 2.42. The molecule has 0 bridgehead atoms. The Bertz CT molecular complexity index is 219. The molecule has 13 heavy (non-hydrogen) atoms. The van der Waals surface area contributed by atoms with Crippen molar-refractivity contribution in [1.29, 1.82) is 0 Å². The van der Waals surface area contributed by atoms with Crippen LogP contribution in [0.2, 0.25) is 0 Å². The number of hydrogen-bond donors (Lipinski definition) is 2. The first-order valence-corrected chi connectivity index (χ1v) is 4.02. The van der Waals surface area contributed by atoms with Crippen LogP contribution in [-0.2, 0) is 14.3 Å². The number of nitrogens with one attached hydrogen (secondary N) is 1. The molecule has 1 fully saturated rings. The Kier molecular flexibility index (Phi) is 3.21. The number of carbonyl (C=O) groups is 2. The zero-order valence-electron chi connectivity index (χ0n) is 7.45. The van der Waals surface area contributed by atoms with E-state index in [0.29, 0.717) is 6.54 Å². The smallest absolute Gasteiger partial charge is 0.398 e. The number of carbonyl (C=O) groups excluding carboxylic acids is 2. The van der Waals surface area contributed by atoms with Crippen LogP contribution >= 0.6 is 0 Å². The van der Waals surface area contributed by atoms with Crippen LogP contribution in [-0.4, -0.2) is 49.7 Å². The first-order valence-electron chi connectivity index (χ1n) is 4.02. The summed E-state index contributed by atoms with van der Waals surface area (Å²) in [6.07, 6.45) is -0.395. The Morgan fingerprint density at radius 3 is 2.85 bits per heavy atom. The Labute approximate surface area is 76.0 Å². The summed E-state index contributed by atoms with van der Waals surface area (Å²) < 4.78 is 4.81. The fourth-order valence-electron chi connectivity index (χ4n) is 1.09. The van der Waals surface area contributed by atoms with Crippen LogP contribution in [0.1, 0.15) is 0 Å². The van der Waals surface area contributed by atoms with Crippen molar-refractivity contribution in [1.82, 2.24) is 10.2 Å². The minimum absolute atomic E-state index is 0.395. The maximum atomic E-state index is 10.8. The molecule has 6 nitrogen and oxygen atoms in total.